The molecule has 1 aromatic carbocycles. The highest BCUT2D eigenvalue weighted by Crippen LogP contribution is 2.25. The van der Waals surface area contributed by atoms with Crippen molar-refractivity contribution in [3.63, 3.8) is 0 Å². The lowest BCUT2D eigenvalue weighted by Gasteiger charge is -2.21. The van der Waals surface area contributed by atoms with E-state index < -0.39 is 11.7 Å². The van der Waals surface area contributed by atoms with Crippen molar-refractivity contribution in [2.45, 2.75) is 46.3 Å². The highest BCUT2D eigenvalue weighted by molar-refractivity contribution is 6.34. The summed E-state index contributed by atoms with van der Waals surface area (Å²) >= 11 is 0. The van der Waals surface area contributed by atoms with E-state index >= 15 is 0 Å². The van der Waals surface area contributed by atoms with Gasteiger partial charge < -0.3 is 14.5 Å². The Labute approximate surface area is 126 Å². The minimum atomic E-state index is -0.525. The molecule has 1 aromatic heterocycles. The van der Waals surface area contributed by atoms with E-state index in [9.17, 15) is 4.79 Å². The van der Waals surface area contributed by atoms with Gasteiger partial charge in [0.25, 0.3) is 0 Å². The van der Waals surface area contributed by atoms with Crippen molar-refractivity contribution in [2.75, 3.05) is 0 Å². The number of hydrogen-bond acceptors (Lipinski definition) is 3. The zero-order valence-corrected chi connectivity index (χ0v) is 13.1. The van der Waals surface area contributed by atoms with Crippen molar-refractivity contribution in [1.29, 1.82) is 0 Å². The molecule has 2 rings (SSSR count). The molecule has 1 amide bonds. The lowest BCUT2D eigenvalue weighted by atomic mass is 9.89. The van der Waals surface area contributed by atoms with Gasteiger partial charge in [0, 0.05) is 5.39 Å². The molecule has 4 nitrogen and oxygen atoms in total. The van der Waals surface area contributed by atoms with E-state index in [1.165, 1.54) is 0 Å². The van der Waals surface area contributed by atoms with Crippen molar-refractivity contribution in [3.05, 3.63) is 29.5 Å². The monoisotopic (exact) mass is 285 g/mol. The molecule has 1 unspecified atom stereocenters. The summed E-state index contributed by atoms with van der Waals surface area (Å²) in [6.45, 7) is 9.27. The van der Waals surface area contributed by atoms with Crippen molar-refractivity contribution in [2.24, 2.45) is 0 Å². The molecule has 21 heavy (non-hydrogen) atoms. The number of rotatable bonds is 2. The second-order valence-corrected chi connectivity index (χ2v) is 6.21. The predicted molar refractivity (Wildman–Crippen MR) is 84.1 cm³/mol. The van der Waals surface area contributed by atoms with Crippen LogP contribution in [-0.2, 0) is 4.74 Å². The van der Waals surface area contributed by atoms with Crippen LogP contribution in [0.4, 0.5) is 4.79 Å². The third kappa shape index (κ3) is 3.60. The van der Waals surface area contributed by atoms with E-state index in [0.29, 0.717) is 5.76 Å². The fraction of sp³-hybridized carbons (Fsp3) is 0.438. The van der Waals surface area contributed by atoms with Crippen LogP contribution in [0.25, 0.3) is 11.0 Å². The summed E-state index contributed by atoms with van der Waals surface area (Å²) in [7, 11) is 5.89. The average Bonchev–Trinajstić information content (AvgIpc) is 2.76. The number of amides is 1. The van der Waals surface area contributed by atoms with Gasteiger partial charge in [0.2, 0.25) is 0 Å². The maximum Gasteiger partial charge on any atom is 0.408 e. The van der Waals surface area contributed by atoms with E-state index in [2.05, 4.69) is 5.32 Å². The fourth-order valence-corrected chi connectivity index (χ4v) is 2.06. The van der Waals surface area contributed by atoms with Crippen molar-refractivity contribution < 1.29 is 13.9 Å². The van der Waals surface area contributed by atoms with Gasteiger partial charge in [0.05, 0.1) is 6.04 Å². The van der Waals surface area contributed by atoms with Crippen LogP contribution in [0, 0.1) is 6.92 Å². The van der Waals surface area contributed by atoms with Crippen LogP contribution < -0.4 is 10.8 Å². The van der Waals surface area contributed by atoms with Crippen molar-refractivity contribution in [3.8, 4) is 0 Å². The van der Waals surface area contributed by atoms with Gasteiger partial charge >= 0.3 is 6.09 Å². The predicted octanol–water partition coefficient (Wildman–Crippen LogP) is 3.12. The molecule has 2 radical (unpaired) electrons. The topological polar surface area (TPSA) is 51.5 Å². The Hall–Kier alpha value is -1.91. The molecule has 1 heterocycles. The maximum atomic E-state index is 11.8. The normalized spacial score (nSPS) is 13.2. The fourth-order valence-electron chi connectivity index (χ4n) is 2.06. The van der Waals surface area contributed by atoms with E-state index in [1.54, 1.807) is 0 Å². The summed E-state index contributed by atoms with van der Waals surface area (Å²) in [6.07, 6.45) is -0.466. The highest BCUT2D eigenvalue weighted by atomic mass is 16.6. The number of alkyl carbamates (subject to hydrolysis) is 1. The molecule has 0 saturated heterocycles. The first kappa shape index (κ1) is 15.5. The Morgan fingerprint density at radius 3 is 2.67 bits per heavy atom. The Morgan fingerprint density at radius 1 is 1.38 bits per heavy atom. The lowest BCUT2D eigenvalue weighted by molar-refractivity contribution is 0.0502. The van der Waals surface area contributed by atoms with Crippen LogP contribution >= 0.6 is 0 Å². The number of ether oxygens (including phenoxy) is 1. The zero-order chi connectivity index (χ0) is 15.8. The SMILES string of the molecule is [B]c1ccc2oc(C(C)NC(=O)OC(C)(C)C)cc2c1C. The summed E-state index contributed by atoms with van der Waals surface area (Å²) in [6, 6.07) is 5.27. The van der Waals surface area contributed by atoms with Gasteiger partial charge in [-0.2, -0.15) is 0 Å². The number of furan rings is 1. The molecule has 110 valence electrons. The second kappa shape index (κ2) is 5.47. The first-order chi connectivity index (χ1) is 9.67. The minimum absolute atomic E-state index is 0.284. The van der Waals surface area contributed by atoms with E-state index in [0.717, 1.165) is 22.0 Å². The maximum absolute atomic E-state index is 11.8. The Bertz CT molecular complexity index is 670. The lowest BCUT2D eigenvalue weighted by Crippen LogP contribution is -2.33. The molecule has 0 aliphatic rings. The van der Waals surface area contributed by atoms with Gasteiger partial charge in [-0.15, -0.1) is 0 Å². The van der Waals surface area contributed by atoms with Gasteiger partial charge in [0.15, 0.2) is 0 Å². The van der Waals surface area contributed by atoms with Gasteiger partial charge in [-0.3, -0.25) is 0 Å². The van der Waals surface area contributed by atoms with E-state index in [-0.39, 0.29) is 6.04 Å². The summed E-state index contributed by atoms with van der Waals surface area (Å²) in [4.78, 5) is 11.8. The van der Waals surface area contributed by atoms with Crippen LogP contribution in [0.3, 0.4) is 0 Å². The smallest absolute Gasteiger partial charge is 0.408 e. The van der Waals surface area contributed by atoms with Crippen LogP contribution in [-0.4, -0.2) is 19.5 Å². The Morgan fingerprint density at radius 2 is 2.05 bits per heavy atom. The Kier molecular flexibility index (Phi) is 4.03. The molecule has 0 fully saturated rings. The molecule has 0 spiro atoms. The quantitative estimate of drug-likeness (QED) is 0.862. The van der Waals surface area contributed by atoms with Gasteiger partial charge in [0.1, 0.15) is 24.8 Å². The molecule has 0 bridgehead atoms. The first-order valence-corrected chi connectivity index (χ1v) is 6.95. The summed E-state index contributed by atoms with van der Waals surface area (Å²) in [5.41, 5.74) is 1.94. The molecular weight excluding hydrogens is 265 g/mol. The molecule has 5 heteroatoms. The number of hydrogen-bond donors (Lipinski definition) is 1. The third-order valence-electron chi connectivity index (χ3n) is 3.19. The van der Waals surface area contributed by atoms with Crippen LogP contribution in [0.1, 0.15) is 45.1 Å². The van der Waals surface area contributed by atoms with Gasteiger partial charge in [-0.1, -0.05) is 11.5 Å². The van der Waals surface area contributed by atoms with E-state index in [4.69, 9.17) is 17.0 Å². The van der Waals surface area contributed by atoms with Crippen LogP contribution in [0.15, 0.2) is 22.6 Å². The zero-order valence-electron chi connectivity index (χ0n) is 13.1. The number of aryl methyl sites for hydroxylation is 1. The molecular formula is C16H20BNO3. The first-order valence-electron chi connectivity index (χ1n) is 6.95. The number of carbonyl (C=O) groups excluding carboxylic acids is 1. The highest BCUT2D eigenvalue weighted by Gasteiger charge is 2.20. The van der Waals surface area contributed by atoms with Gasteiger partial charge in [-0.25, -0.2) is 4.79 Å². The molecule has 0 saturated carbocycles. The average molecular weight is 285 g/mol. The molecule has 1 N–H and O–H groups in total. The minimum Gasteiger partial charge on any atom is -0.459 e. The largest absolute Gasteiger partial charge is 0.459 e. The molecule has 0 aliphatic carbocycles. The summed E-state index contributed by atoms with van der Waals surface area (Å²) in [5, 5.41) is 3.72. The number of benzene rings is 1. The summed E-state index contributed by atoms with van der Waals surface area (Å²) < 4.78 is 11.0. The number of fused-ring (bicyclic) bond motifs is 1. The second-order valence-electron chi connectivity index (χ2n) is 6.21. The number of nitrogens with one attached hydrogen (secondary N) is 1. The summed E-state index contributed by atoms with van der Waals surface area (Å²) in [5.74, 6) is 0.671. The Balaban J connectivity index is 2.18. The van der Waals surface area contributed by atoms with Crippen molar-refractivity contribution >= 4 is 30.4 Å². The standard InChI is InChI=1S/C16H20BNO3/c1-9-11-8-14(20-13(11)7-6-12(9)17)10(2)18-15(19)21-16(3,4)5/h6-8,10H,1-5H3,(H,18,19). The molecule has 0 aliphatic heterocycles. The van der Waals surface area contributed by atoms with Crippen LogP contribution in [0.2, 0.25) is 0 Å². The number of carbonyl (C=O) groups is 1. The molecule has 1 atom stereocenters. The van der Waals surface area contributed by atoms with Crippen molar-refractivity contribution in [1.82, 2.24) is 5.32 Å². The van der Waals surface area contributed by atoms with E-state index in [1.807, 2.05) is 52.8 Å². The third-order valence-corrected chi connectivity index (χ3v) is 3.19. The molecule has 2 aromatic rings. The van der Waals surface area contributed by atoms with Gasteiger partial charge in [-0.05, 0) is 52.3 Å². The van der Waals surface area contributed by atoms with Crippen LogP contribution in [0.5, 0.6) is 0 Å².